The number of aliphatic hydroxyl groups is 1. The molecule has 3 unspecified atom stereocenters. The SMILES string of the molecule is CC(C)CCCCCCCCCCCCCCCCC(=O)O[C@H](COC(=O)CCCCCCCCCCCCCC(C)C)COP(=O)(O)OCC(O)COP(=O)(O)OC[C@@H](COC(=O)CCCCCCCCCC(C)C)OC(=O)CCCCCCCCCCCCCC(C)C. The van der Waals surface area contributed by atoms with Crippen molar-refractivity contribution in [2.45, 2.75) is 401 Å². The number of aliphatic hydroxyl groups excluding tert-OH is 1. The number of rotatable bonds is 73. The summed E-state index contributed by atoms with van der Waals surface area (Å²) in [7, 11) is -9.91. The van der Waals surface area contributed by atoms with Gasteiger partial charge in [-0.1, -0.05) is 331 Å². The number of ether oxygens (including phenoxy) is 4. The van der Waals surface area contributed by atoms with Crippen molar-refractivity contribution in [2.24, 2.45) is 23.7 Å². The number of hydrogen-bond donors (Lipinski definition) is 3. The van der Waals surface area contributed by atoms with Crippen LogP contribution in [0.2, 0.25) is 0 Å². The van der Waals surface area contributed by atoms with Gasteiger partial charge in [-0.2, -0.15) is 0 Å². The molecule has 0 heterocycles. The zero-order valence-corrected chi connectivity index (χ0v) is 64.1. The number of phosphoric ester groups is 2. The van der Waals surface area contributed by atoms with E-state index in [0.717, 1.165) is 114 Å². The Bertz CT molecular complexity index is 1870. The monoisotopic (exact) mass is 1400 g/mol. The van der Waals surface area contributed by atoms with Crippen molar-refractivity contribution in [3.05, 3.63) is 0 Å². The fourth-order valence-corrected chi connectivity index (χ4v) is 13.1. The van der Waals surface area contributed by atoms with Crippen molar-refractivity contribution in [3.8, 4) is 0 Å². The Hall–Kier alpha value is -1.94. The van der Waals surface area contributed by atoms with Crippen LogP contribution < -0.4 is 0 Å². The summed E-state index contributed by atoms with van der Waals surface area (Å²) in [5.41, 5.74) is 0. The Morgan fingerprint density at radius 3 is 0.653 bits per heavy atom. The molecular formula is C76H148O17P2. The average Bonchev–Trinajstić information content (AvgIpc) is 1.58. The predicted molar refractivity (Wildman–Crippen MR) is 386 cm³/mol. The molecule has 0 aromatic carbocycles. The summed E-state index contributed by atoms with van der Waals surface area (Å²) in [4.78, 5) is 72.8. The van der Waals surface area contributed by atoms with E-state index in [4.69, 9.17) is 37.0 Å². The molecule has 0 aliphatic heterocycles. The van der Waals surface area contributed by atoms with E-state index in [-0.39, 0.29) is 25.7 Å². The minimum atomic E-state index is -4.96. The molecule has 0 aliphatic carbocycles. The lowest BCUT2D eigenvalue weighted by Crippen LogP contribution is -2.30. The van der Waals surface area contributed by atoms with Crippen molar-refractivity contribution in [1.29, 1.82) is 0 Å². The van der Waals surface area contributed by atoms with E-state index in [2.05, 4.69) is 55.4 Å². The van der Waals surface area contributed by atoms with Crippen LogP contribution in [0.15, 0.2) is 0 Å². The molecule has 0 aliphatic rings. The average molecular weight is 1400 g/mol. The van der Waals surface area contributed by atoms with E-state index in [0.29, 0.717) is 31.6 Å². The smallest absolute Gasteiger partial charge is 0.462 e. The van der Waals surface area contributed by atoms with E-state index >= 15 is 0 Å². The van der Waals surface area contributed by atoms with Gasteiger partial charge in [-0.3, -0.25) is 37.3 Å². The fourth-order valence-electron chi connectivity index (χ4n) is 11.6. The number of esters is 4. The van der Waals surface area contributed by atoms with Crippen molar-refractivity contribution in [2.75, 3.05) is 39.6 Å². The van der Waals surface area contributed by atoms with E-state index in [1.54, 1.807) is 0 Å². The molecule has 0 saturated heterocycles. The number of carbonyl (C=O) groups is 4. The molecule has 0 fully saturated rings. The number of phosphoric acid groups is 2. The quantitative estimate of drug-likeness (QED) is 0.0222. The van der Waals surface area contributed by atoms with Gasteiger partial charge in [0.2, 0.25) is 0 Å². The van der Waals surface area contributed by atoms with Gasteiger partial charge in [0.1, 0.15) is 19.3 Å². The highest BCUT2D eigenvalue weighted by atomic mass is 31.2. The molecule has 0 aromatic heterocycles. The van der Waals surface area contributed by atoms with Crippen LogP contribution in [-0.4, -0.2) is 96.7 Å². The van der Waals surface area contributed by atoms with Gasteiger partial charge in [0, 0.05) is 25.7 Å². The Morgan fingerprint density at radius 2 is 0.442 bits per heavy atom. The van der Waals surface area contributed by atoms with Crippen LogP contribution in [0.5, 0.6) is 0 Å². The first-order valence-electron chi connectivity index (χ1n) is 39.2. The summed E-state index contributed by atoms with van der Waals surface area (Å²) in [5, 5.41) is 10.6. The molecule has 564 valence electrons. The first-order valence-corrected chi connectivity index (χ1v) is 42.2. The molecule has 0 spiro atoms. The molecule has 95 heavy (non-hydrogen) atoms. The summed E-state index contributed by atoms with van der Waals surface area (Å²) in [5.74, 6) is 0.916. The molecule has 0 rings (SSSR count). The molecule has 5 atom stereocenters. The van der Waals surface area contributed by atoms with Gasteiger partial charge in [0.15, 0.2) is 12.2 Å². The summed E-state index contributed by atoms with van der Waals surface area (Å²) < 4.78 is 68.5. The molecule has 0 amide bonds. The number of unbranched alkanes of at least 4 members (excludes halogenated alkanes) is 39. The van der Waals surface area contributed by atoms with Gasteiger partial charge in [-0.15, -0.1) is 0 Å². The van der Waals surface area contributed by atoms with Crippen molar-refractivity contribution >= 4 is 39.5 Å². The van der Waals surface area contributed by atoms with Gasteiger partial charge in [-0.05, 0) is 49.4 Å². The lowest BCUT2D eigenvalue weighted by molar-refractivity contribution is -0.161. The second-order valence-electron chi connectivity index (χ2n) is 29.3. The van der Waals surface area contributed by atoms with Gasteiger partial charge in [0.25, 0.3) is 0 Å². The molecule has 17 nitrogen and oxygen atoms in total. The maximum absolute atomic E-state index is 13.1. The van der Waals surface area contributed by atoms with Crippen molar-refractivity contribution in [3.63, 3.8) is 0 Å². The fraction of sp³-hybridized carbons (Fsp3) is 0.947. The maximum Gasteiger partial charge on any atom is 0.472 e. The van der Waals surface area contributed by atoms with Crippen LogP contribution in [0.25, 0.3) is 0 Å². The lowest BCUT2D eigenvalue weighted by Gasteiger charge is -2.21. The van der Waals surface area contributed by atoms with Crippen LogP contribution in [0, 0.1) is 23.7 Å². The van der Waals surface area contributed by atoms with E-state index in [1.807, 2.05) is 0 Å². The lowest BCUT2D eigenvalue weighted by atomic mass is 10.0. The second kappa shape index (κ2) is 65.4. The molecule has 3 N–H and O–H groups in total. The standard InChI is InChI=1S/C76H148O17P2/c1-66(2)52-44-36-28-21-15-11-9-10-12-18-25-33-42-50-58-75(80)92-71(62-86-73(78)56-48-40-32-24-19-13-16-22-29-37-45-53-67(3)4)64-90-94(82,83)88-60-70(77)61-89-95(84,85)91-65-72(63-87-74(79)57-49-41-35-27-31-39-47-55-69(7)8)93-76(81)59-51-43-34-26-20-14-17-23-30-38-46-54-68(5)6/h66-72,77H,9-65H2,1-8H3,(H,82,83)(H,84,85)/t70?,71-,72-/m1/s1. The van der Waals surface area contributed by atoms with Crippen molar-refractivity contribution < 1.29 is 80.2 Å². The summed E-state index contributed by atoms with van der Waals surface area (Å²) >= 11 is 0. The first kappa shape index (κ1) is 93.1. The third-order valence-corrected chi connectivity index (χ3v) is 19.5. The minimum absolute atomic E-state index is 0.105. The van der Waals surface area contributed by atoms with Crippen molar-refractivity contribution in [1.82, 2.24) is 0 Å². The number of hydrogen-bond acceptors (Lipinski definition) is 15. The molecular weight excluding hydrogens is 1250 g/mol. The van der Waals surface area contributed by atoms with Gasteiger partial charge >= 0.3 is 39.5 Å². The molecule has 0 saturated carbocycles. The van der Waals surface area contributed by atoms with Gasteiger partial charge < -0.3 is 33.8 Å². The summed E-state index contributed by atoms with van der Waals surface area (Å²) in [6, 6.07) is 0. The maximum atomic E-state index is 13.1. The summed E-state index contributed by atoms with van der Waals surface area (Å²) in [6.07, 6.45) is 50.0. The largest absolute Gasteiger partial charge is 0.472 e. The van der Waals surface area contributed by atoms with Crippen LogP contribution in [0.3, 0.4) is 0 Å². The molecule has 19 heteroatoms. The zero-order valence-electron chi connectivity index (χ0n) is 62.3. The van der Waals surface area contributed by atoms with Crippen LogP contribution in [0.1, 0.15) is 383 Å². The normalized spacial score (nSPS) is 14.1. The molecule has 0 radical (unpaired) electrons. The third kappa shape index (κ3) is 70.3. The predicted octanol–water partition coefficient (Wildman–Crippen LogP) is 22.0. The highest BCUT2D eigenvalue weighted by Gasteiger charge is 2.30. The third-order valence-electron chi connectivity index (χ3n) is 17.6. The minimum Gasteiger partial charge on any atom is -0.462 e. The topological polar surface area (TPSA) is 237 Å². The van der Waals surface area contributed by atoms with Gasteiger partial charge in [-0.25, -0.2) is 9.13 Å². The Kier molecular flexibility index (Phi) is 64.0. The van der Waals surface area contributed by atoms with Gasteiger partial charge in [0.05, 0.1) is 26.4 Å². The highest BCUT2D eigenvalue weighted by molar-refractivity contribution is 7.47. The second-order valence-corrected chi connectivity index (χ2v) is 32.2. The van der Waals surface area contributed by atoms with E-state index < -0.39 is 97.5 Å². The van der Waals surface area contributed by atoms with E-state index in [9.17, 15) is 43.2 Å². The van der Waals surface area contributed by atoms with Crippen LogP contribution in [0.4, 0.5) is 0 Å². The Morgan fingerprint density at radius 1 is 0.263 bits per heavy atom. The van der Waals surface area contributed by atoms with E-state index in [1.165, 1.54) is 180 Å². The highest BCUT2D eigenvalue weighted by Crippen LogP contribution is 2.45. The number of carbonyl (C=O) groups excluding carboxylic acids is 4. The first-order chi connectivity index (χ1) is 45.6. The molecule has 0 bridgehead atoms. The van der Waals surface area contributed by atoms with Crippen LogP contribution >= 0.6 is 15.6 Å². The Balaban J connectivity index is 5.26. The van der Waals surface area contributed by atoms with Crippen LogP contribution in [-0.2, 0) is 65.4 Å². The Labute approximate surface area is 581 Å². The zero-order chi connectivity index (χ0) is 70.3. The summed E-state index contributed by atoms with van der Waals surface area (Å²) in [6.45, 7) is 14.2. The molecule has 0 aromatic rings.